The van der Waals surface area contributed by atoms with E-state index in [1.807, 2.05) is 0 Å². The van der Waals surface area contributed by atoms with Gasteiger partial charge in [-0.15, -0.1) is 0 Å². The smallest absolute Gasteiger partial charge is 0.127 e. The van der Waals surface area contributed by atoms with E-state index in [1.54, 1.807) is 0 Å². The van der Waals surface area contributed by atoms with Crippen LogP contribution in [-0.2, 0) is 13.0 Å². The van der Waals surface area contributed by atoms with Gasteiger partial charge < -0.3 is 10.3 Å². The number of hydrogen-bond donors (Lipinski definition) is 1. The summed E-state index contributed by atoms with van der Waals surface area (Å²) in [6, 6.07) is 10.6. The van der Waals surface area contributed by atoms with Crippen molar-refractivity contribution in [2.75, 3.05) is 5.73 Å². The fraction of sp³-hybridized carbons (Fsp3) is 0.500. The molecular weight excluding hydrogens is 258 g/mol. The lowest BCUT2D eigenvalue weighted by Gasteiger charge is -2.22. The second-order valence-electron chi connectivity index (χ2n) is 6.06. The number of imidazole rings is 1. The van der Waals surface area contributed by atoms with Gasteiger partial charge in [0.15, 0.2) is 0 Å². The van der Waals surface area contributed by atoms with Crippen molar-refractivity contribution in [1.29, 1.82) is 0 Å². The molecule has 0 saturated heterocycles. The second kappa shape index (κ2) is 6.33. The first-order chi connectivity index (χ1) is 10.3. The topological polar surface area (TPSA) is 43.8 Å². The number of aryl methyl sites for hydroxylation is 1. The minimum absolute atomic E-state index is 0.588. The number of rotatable bonds is 4. The Morgan fingerprint density at radius 2 is 1.86 bits per heavy atom. The maximum Gasteiger partial charge on any atom is 0.127 e. The Balaban J connectivity index is 1.94. The molecule has 1 fully saturated rings. The minimum Gasteiger partial charge on any atom is -0.384 e. The summed E-state index contributed by atoms with van der Waals surface area (Å²) in [7, 11) is 0. The summed E-state index contributed by atoms with van der Waals surface area (Å²) >= 11 is 0. The van der Waals surface area contributed by atoms with Crippen molar-refractivity contribution in [2.24, 2.45) is 0 Å². The molecule has 0 amide bonds. The molecule has 1 aliphatic rings. The number of nitrogens with two attached hydrogens (primary N) is 1. The van der Waals surface area contributed by atoms with Crippen molar-refractivity contribution in [3.05, 3.63) is 47.4 Å². The zero-order chi connectivity index (χ0) is 14.7. The highest BCUT2D eigenvalue weighted by atomic mass is 15.1. The molecule has 1 aromatic carbocycles. The fourth-order valence-electron chi connectivity index (χ4n) is 3.40. The lowest BCUT2D eigenvalue weighted by atomic mass is 9.88. The van der Waals surface area contributed by atoms with Crippen LogP contribution < -0.4 is 5.73 Å². The van der Waals surface area contributed by atoms with Crippen molar-refractivity contribution >= 4 is 5.82 Å². The number of nitrogens with zero attached hydrogens (tertiary/aromatic N) is 2. The SMILES string of the molecule is CCc1nc(C2CCCCC2)n(Cc2ccccc2)c1N. The number of nitrogen functional groups attached to an aromatic ring is 1. The van der Waals surface area contributed by atoms with Crippen molar-refractivity contribution in [3.63, 3.8) is 0 Å². The predicted molar refractivity (Wildman–Crippen MR) is 87.4 cm³/mol. The van der Waals surface area contributed by atoms with Crippen molar-refractivity contribution in [1.82, 2.24) is 9.55 Å². The Morgan fingerprint density at radius 3 is 2.52 bits per heavy atom. The predicted octanol–water partition coefficient (Wildman–Crippen LogP) is 4.12. The van der Waals surface area contributed by atoms with E-state index in [0.29, 0.717) is 5.92 Å². The molecule has 0 unspecified atom stereocenters. The summed E-state index contributed by atoms with van der Waals surface area (Å²) in [5, 5.41) is 0. The van der Waals surface area contributed by atoms with Gasteiger partial charge in [-0.05, 0) is 24.8 Å². The third-order valence-corrected chi connectivity index (χ3v) is 4.60. The van der Waals surface area contributed by atoms with E-state index < -0.39 is 0 Å². The Kier molecular flexibility index (Phi) is 4.28. The van der Waals surface area contributed by atoms with Gasteiger partial charge >= 0.3 is 0 Å². The zero-order valence-electron chi connectivity index (χ0n) is 12.9. The van der Waals surface area contributed by atoms with Crippen molar-refractivity contribution in [3.8, 4) is 0 Å². The Hall–Kier alpha value is -1.77. The monoisotopic (exact) mass is 283 g/mol. The van der Waals surface area contributed by atoms with Crippen LogP contribution in [-0.4, -0.2) is 9.55 Å². The summed E-state index contributed by atoms with van der Waals surface area (Å²) in [5.74, 6) is 2.67. The summed E-state index contributed by atoms with van der Waals surface area (Å²) < 4.78 is 2.25. The van der Waals surface area contributed by atoms with Gasteiger partial charge in [0.05, 0.1) is 12.2 Å². The average molecular weight is 283 g/mol. The molecule has 21 heavy (non-hydrogen) atoms. The summed E-state index contributed by atoms with van der Waals surface area (Å²) in [5.41, 5.74) is 8.72. The molecule has 3 rings (SSSR count). The van der Waals surface area contributed by atoms with Crippen LogP contribution >= 0.6 is 0 Å². The molecule has 1 aliphatic carbocycles. The third-order valence-electron chi connectivity index (χ3n) is 4.60. The second-order valence-corrected chi connectivity index (χ2v) is 6.06. The molecule has 1 saturated carbocycles. The summed E-state index contributed by atoms with van der Waals surface area (Å²) in [4.78, 5) is 4.89. The fourth-order valence-corrected chi connectivity index (χ4v) is 3.40. The van der Waals surface area contributed by atoms with Crippen LogP contribution in [0.5, 0.6) is 0 Å². The highest BCUT2D eigenvalue weighted by Gasteiger charge is 2.23. The summed E-state index contributed by atoms with van der Waals surface area (Å²) in [6.45, 7) is 2.97. The maximum atomic E-state index is 6.37. The van der Waals surface area contributed by atoms with E-state index in [2.05, 4.69) is 41.8 Å². The number of aromatic nitrogens is 2. The Bertz CT molecular complexity index is 580. The van der Waals surface area contributed by atoms with E-state index in [4.69, 9.17) is 10.7 Å². The molecule has 0 radical (unpaired) electrons. The van der Waals surface area contributed by atoms with Crippen molar-refractivity contribution < 1.29 is 0 Å². The van der Waals surface area contributed by atoms with Crippen LogP contribution in [0.4, 0.5) is 5.82 Å². The van der Waals surface area contributed by atoms with E-state index in [9.17, 15) is 0 Å². The van der Waals surface area contributed by atoms with Gasteiger partial charge in [-0.1, -0.05) is 56.5 Å². The van der Waals surface area contributed by atoms with Crippen LogP contribution in [0.15, 0.2) is 30.3 Å². The summed E-state index contributed by atoms with van der Waals surface area (Å²) in [6.07, 6.45) is 7.44. The van der Waals surface area contributed by atoms with Gasteiger partial charge in [0, 0.05) is 5.92 Å². The normalized spacial score (nSPS) is 16.2. The third kappa shape index (κ3) is 2.97. The van der Waals surface area contributed by atoms with Gasteiger partial charge in [0.25, 0.3) is 0 Å². The molecule has 112 valence electrons. The van der Waals surface area contributed by atoms with E-state index >= 15 is 0 Å². The van der Waals surface area contributed by atoms with Gasteiger partial charge in [-0.2, -0.15) is 0 Å². The molecule has 3 nitrogen and oxygen atoms in total. The first kappa shape index (κ1) is 14.2. The maximum absolute atomic E-state index is 6.37. The molecule has 1 heterocycles. The molecule has 0 bridgehead atoms. The Labute approximate surface area is 127 Å². The van der Waals surface area contributed by atoms with E-state index in [1.165, 1.54) is 43.5 Å². The van der Waals surface area contributed by atoms with Crippen LogP contribution in [0.3, 0.4) is 0 Å². The van der Waals surface area contributed by atoms with Crippen LogP contribution in [0.2, 0.25) is 0 Å². The first-order valence-electron chi connectivity index (χ1n) is 8.18. The molecular formula is C18H25N3. The van der Waals surface area contributed by atoms with Crippen LogP contribution in [0.25, 0.3) is 0 Å². The van der Waals surface area contributed by atoms with E-state index in [0.717, 1.165) is 24.5 Å². The molecule has 1 aromatic heterocycles. The number of benzene rings is 1. The molecule has 2 aromatic rings. The van der Waals surface area contributed by atoms with Gasteiger partial charge in [0.1, 0.15) is 11.6 Å². The van der Waals surface area contributed by atoms with E-state index in [-0.39, 0.29) is 0 Å². The molecule has 0 spiro atoms. The number of anilines is 1. The van der Waals surface area contributed by atoms with Crippen LogP contribution in [0, 0.1) is 0 Å². The lowest BCUT2D eigenvalue weighted by Crippen LogP contribution is -2.14. The van der Waals surface area contributed by atoms with Crippen LogP contribution in [0.1, 0.15) is 62.0 Å². The zero-order valence-corrected chi connectivity index (χ0v) is 12.9. The van der Waals surface area contributed by atoms with Gasteiger partial charge in [-0.3, -0.25) is 0 Å². The highest BCUT2D eigenvalue weighted by Crippen LogP contribution is 2.34. The molecule has 0 aliphatic heterocycles. The molecule has 0 atom stereocenters. The standard InChI is InChI=1S/C18H25N3/c1-2-16-17(19)21(13-14-9-5-3-6-10-14)18(20-16)15-11-7-4-8-12-15/h3,5-6,9-10,15H,2,4,7-8,11-13,19H2,1H3. The van der Waals surface area contributed by atoms with Crippen molar-refractivity contribution in [2.45, 2.75) is 57.9 Å². The molecule has 2 N–H and O–H groups in total. The quantitative estimate of drug-likeness (QED) is 0.917. The van der Waals surface area contributed by atoms with Gasteiger partial charge in [0.2, 0.25) is 0 Å². The Morgan fingerprint density at radius 1 is 1.14 bits per heavy atom. The lowest BCUT2D eigenvalue weighted by molar-refractivity contribution is 0.419. The number of hydrogen-bond acceptors (Lipinski definition) is 2. The molecule has 3 heteroatoms. The average Bonchev–Trinajstić information content (AvgIpc) is 2.86. The first-order valence-corrected chi connectivity index (χ1v) is 8.18. The minimum atomic E-state index is 0.588. The highest BCUT2D eigenvalue weighted by molar-refractivity contribution is 5.40. The largest absolute Gasteiger partial charge is 0.384 e. The van der Waals surface area contributed by atoms with Gasteiger partial charge in [-0.25, -0.2) is 4.98 Å².